The van der Waals surface area contributed by atoms with Crippen LogP contribution in [0, 0.1) is 5.82 Å². The molecule has 0 bridgehead atoms. The third-order valence-electron chi connectivity index (χ3n) is 7.68. The van der Waals surface area contributed by atoms with Gasteiger partial charge in [-0.05, 0) is 70.4 Å². The molecule has 0 radical (unpaired) electrons. The molecule has 15 heteroatoms. The molecule has 0 aromatic heterocycles. The Balaban J connectivity index is 1.80. The minimum atomic E-state index is -4.89. The molecule has 0 spiro atoms. The van der Waals surface area contributed by atoms with Crippen LogP contribution >= 0.6 is 8.38 Å². The average Bonchev–Trinajstić information content (AvgIpc) is 3.02. The summed E-state index contributed by atoms with van der Waals surface area (Å²) in [6.07, 6.45) is -5.79. The Hall–Kier alpha value is -1.96. The third-order valence-corrected chi connectivity index (χ3v) is 11.5. The van der Waals surface area contributed by atoms with Gasteiger partial charge in [-0.25, -0.2) is 21.7 Å². The molecule has 2 atom stereocenters. The van der Waals surface area contributed by atoms with Crippen molar-refractivity contribution in [3.8, 4) is 5.75 Å². The van der Waals surface area contributed by atoms with Gasteiger partial charge in [-0.15, -0.1) is 0 Å². The van der Waals surface area contributed by atoms with E-state index in [1.165, 1.54) is 28.4 Å². The first kappa shape index (κ1) is 34.9. The van der Waals surface area contributed by atoms with E-state index < -0.39 is 72.3 Å². The standard InChI is InChI=1S/C29H37F6N2O5PS/c1-5-41-43(42-6-2)28(15-22(38)16-28)18-40-25-14-26-24(13-23(25)29(33,34)35)37(20-9-7-19(30)8-10-20)17-21(36(4)44(26)39)11-12-27(3,31)32/h7-10,13-14,21-22,38H,5-6,11-12,15-18H2,1-4H3/t21-,22?,28?,44?/m1/s1. The maximum absolute atomic E-state index is 14.6. The number of likely N-dealkylation sites (N-methyl/N-ethyl adjacent to an activating group) is 1. The number of anilines is 2. The van der Waals surface area contributed by atoms with E-state index in [2.05, 4.69) is 0 Å². The van der Waals surface area contributed by atoms with Gasteiger partial charge < -0.3 is 23.8 Å². The van der Waals surface area contributed by atoms with Crippen LogP contribution in [0.3, 0.4) is 0 Å². The average molecular weight is 671 g/mol. The largest absolute Gasteiger partial charge is 0.492 e. The van der Waals surface area contributed by atoms with Gasteiger partial charge in [-0.1, -0.05) is 0 Å². The predicted molar refractivity (Wildman–Crippen MR) is 156 cm³/mol. The van der Waals surface area contributed by atoms with Crippen molar-refractivity contribution in [2.75, 3.05) is 38.3 Å². The maximum Gasteiger partial charge on any atom is 0.420 e. The number of ether oxygens (including phenoxy) is 1. The highest BCUT2D eigenvalue weighted by Crippen LogP contribution is 2.61. The van der Waals surface area contributed by atoms with Gasteiger partial charge in [0.1, 0.15) is 29.2 Å². The number of hydrogen-bond donors (Lipinski definition) is 1. The minimum Gasteiger partial charge on any atom is -0.492 e. The molecule has 1 N–H and O–H groups in total. The van der Waals surface area contributed by atoms with Crippen LogP contribution in [0.4, 0.5) is 37.7 Å². The van der Waals surface area contributed by atoms with Crippen LogP contribution in [0.25, 0.3) is 0 Å². The number of benzene rings is 2. The molecular formula is C29H37F6N2O5PS. The molecule has 1 saturated carbocycles. The zero-order valence-corrected chi connectivity index (χ0v) is 26.6. The van der Waals surface area contributed by atoms with Crippen LogP contribution in [0.2, 0.25) is 0 Å². The van der Waals surface area contributed by atoms with Crippen molar-refractivity contribution in [2.45, 2.75) is 80.8 Å². The van der Waals surface area contributed by atoms with Crippen LogP contribution in [-0.4, -0.2) is 70.3 Å². The normalized spacial score (nSPS) is 24.6. The molecule has 1 fully saturated rings. The molecule has 4 rings (SSSR count). The van der Waals surface area contributed by atoms with Crippen LogP contribution in [0.1, 0.15) is 52.0 Å². The second kappa shape index (κ2) is 13.8. The van der Waals surface area contributed by atoms with Crippen molar-refractivity contribution in [1.29, 1.82) is 0 Å². The minimum absolute atomic E-state index is 0.0230. The summed E-state index contributed by atoms with van der Waals surface area (Å²) < 4.78 is 118. The summed E-state index contributed by atoms with van der Waals surface area (Å²) in [5.41, 5.74) is -0.892. The Bertz CT molecular complexity index is 1300. The van der Waals surface area contributed by atoms with Gasteiger partial charge in [-0.2, -0.15) is 13.2 Å². The van der Waals surface area contributed by atoms with E-state index >= 15 is 0 Å². The topological polar surface area (TPSA) is 71.5 Å². The highest BCUT2D eigenvalue weighted by molar-refractivity contribution is 7.82. The maximum atomic E-state index is 14.6. The summed E-state index contributed by atoms with van der Waals surface area (Å²) >= 11 is 0. The van der Waals surface area contributed by atoms with E-state index in [4.69, 9.17) is 13.8 Å². The van der Waals surface area contributed by atoms with E-state index in [-0.39, 0.29) is 43.0 Å². The number of rotatable bonds is 12. The first-order valence-corrected chi connectivity index (χ1v) is 16.5. The van der Waals surface area contributed by atoms with Gasteiger partial charge in [0.25, 0.3) is 0 Å². The zero-order valence-electron chi connectivity index (χ0n) is 24.9. The summed E-state index contributed by atoms with van der Waals surface area (Å²) in [6.45, 7) is 4.55. The highest BCUT2D eigenvalue weighted by Gasteiger charge is 2.53. The Kier molecular flexibility index (Phi) is 11.0. The molecule has 7 nitrogen and oxygen atoms in total. The number of fused-ring (bicyclic) bond motifs is 1. The fourth-order valence-electron chi connectivity index (χ4n) is 5.41. The fraction of sp³-hybridized carbons (Fsp3) is 0.586. The van der Waals surface area contributed by atoms with Crippen LogP contribution in [0.15, 0.2) is 41.3 Å². The van der Waals surface area contributed by atoms with Crippen LogP contribution in [0.5, 0.6) is 5.75 Å². The lowest BCUT2D eigenvalue weighted by atomic mass is 9.82. The molecular weight excluding hydrogens is 633 g/mol. The van der Waals surface area contributed by atoms with Crippen molar-refractivity contribution in [3.63, 3.8) is 0 Å². The molecule has 1 aliphatic heterocycles. The Morgan fingerprint density at radius 2 is 1.68 bits per heavy atom. The Morgan fingerprint density at radius 3 is 2.20 bits per heavy atom. The van der Waals surface area contributed by atoms with Crippen molar-refractivity contribution in [1.82, 2.24) is 4.31 Å². The summed E-state index contributed by atoms with van der Waals surface area (Å²) in [5, 5.41) is 9.26. The molecule has 0 amide bonds. The van der Waals surface area contributed by atoms with Gasteiger partial charge >= 0.3 is 6.18 Å². The first-order valence-electron chi connectivity index (χ1n) is 14.3. The van der Waals surface area contributed by atoms with Gasteiger partial charge in [0.2, 0.25) is 5.92 Å². The molecule has 0 saturated heterocycles. The molecule has 1 aliphatic carbocycles. The Morgan fingerprint density at radius 1 is 1.07 bits per heavy atom. The SMILES string of the molecule is CCOP(OCC)C1(COc2cc3c(cc2C(F)(F)F)N(c2ccc(F)cc2)C[C@@H](CCC(C)(F)F)N(C)S3=O)CC(O)C1. The number of alkyl halides is 5. The summed E-state index contributed by atoms with van der Waals surface area (Å²) in [4.78, 5) is 1.42. The lowest BCUT2D eigenvalue weighted by Gasteiger charge is -2.48. The van der Waals surface area contributed by atoms with E-state index in [9.17, 15) is 35.7 Å². The van der Waals surface area contributed by atoms with E-state index in [1.54, 1.807) is 13.8 Å². The van der Waals surface area contributed by atoms with E-state index in [0.717, 1.165) is 31.2 Å². The van der Waals surface area contributed by atoms with Gasteiger partial charge in [0, 0.05) is 37.8 Å². The van der Waals surface area contributed by atoms with E-state index in [1.807, 2.05) is 0 Å². The van der Waals surface area contributed by atoms with Gasteiger partial charge in [-0.3, -0.25) is 0 Å². The summed E-state index contributed by atoms with van der Waals surface area (Å²) in [6, 6.07) is 6.17. The summed E-state index contributed by atoms with van der Waals surface area (Å²) in [5.74, 6) is -4.15. The zero-order chi connectivity index (χ0) is 32.4. The number of halogens is 6. The predicted octanol–water partition coefficient (Wildman–Crippen LogP) is 7.41. The second-order valence-corrected chi connectivity index (χ2v) is 14.6. The highest BCUT2D eigenvalue weighted by atomic mass is 32.2. The molecule has 1 heterocycles. The lowest BCUT2D eigenvalue weighted by Crippen LogP contribution is -2.50. The monoisotopic (exact) mass is 670 g/mol. The van der Waals surface area contributed by atoms with E-state index in [0.29, 0.717) is 18.9 Å². The smallest absolute Gasteiger partial charge is 0.420 e. The molecule has 2 aromatic carbocycles. The Labute approximate surface area is 257 Å². The molecule has 2 aliphatic rings. The van der Waals surface area contributed by atoms with Crippen LogP contribution in [-0.2, 0) is 26.2 Å². The number of nitrogens with zero attached hydrogens (tertiary/aromatic N) is 2. The summed E-state index contributed by atoms with van der Waals surface area (Å²) in [7, 11) is -2.21. The molecule has 246 valence electrons. The van der Waals surface area contributed by atoms with Crippen molar-refractivity contribution in [3.05, 3.63) is 47.8 Å². The molecule has 1 unspecified atom stereocenters. The van der Waals surface area contributed by atoms with Crippen LogP contribution < -0.4 is 9.64 Å². The molecule has 2 aromatic rings. The lowest BCUT2D eigenvalue weighted by molar-refractivity contribution is -0.139. The number of aliphatic hydroxyl groups excluding tert-OH is 1. The number of hydrogen-bond acceptors (Lipinski definition) is 6. The van der Waals surface area contributed by atoms with Crippen molar-refractivity contribution < 1.29 is 49.4 Å². The number of aliphatic hydroxyl groups is 1. The second-order valence-electron chi connectivity index (χ2n) is 11.1. The van der Waals surface area contributed by atoms with Crippen molar-refractivity contribution >= 4 is 30.7 Å². The van der Waals surface area contributed by atoms with Gasteiger partial charge in [0.05, 0.1) is 40.6 Å². The van der Waals surface area contributed by atoms with Gasteiger partial charge in [0.15, 0.2) is 8.38 Å². The quantitative estimate of drug-likeness (QED) is 0.187. The third kappa shape index (κ3) is 7.87. The fourth-order valence-corrected chi connectivity index (χ4v) is 8.70. The first-order chi connectivity index (χ1) is 20.6. The molecule has 44 heavy (non-hydrogen) atoms. The van der Waals surface area contributed by atoms with Crippen molar-refractivity contribution in [2.24, 2.45) is 0 Å².